The molecule has 7 rings (SSSR count). The third-order valence-corrected chi connectivity index (χ3v) is 7.99. The van der Waals surface area contributed by atoms with E-state index in [0.717, 1.165) is 69.0 Å². The molecule has 43 heavy (non-hydrogen) atoms. The van der Waals surface area contributed by atoms with Crippen molar-refractivity contribution in [1.29, 1.82) is 0 Å². The summed E-state index contributed by atoms with van der Waals surface area (Å²) in [5.41, 5.74) is 4.33. The average Bonchev–Trinajstić information content (AvgIpc) is 3.39. The van der Waals surface area contributed by atoms with Crippen molar-refractivity contribution in [3.8, 4) is 11.4 Å². The molecule has 0 radical (unpaired) electrons. The van der Waals surface area contributed by atoms with Crippen LogP contribution in [0.5, 0.6) is 0 Å². The van der Waals surface area contributed by atoms with Gasteiger partial charge in [0.25, 0.3) is 0 Å². The van der Waals surface area contributed by atoms with Gasteiger partial charge in [0.15, 0.2) is 5.82 Å². The Kier molecular flexibility index (Phi) is 7.72. The van der Waals surface area contributed by atoms with Gasteiger partial charge in [-0.1, -0.05) is 18.2 Å². The van der Waals surface area contributed by atoms with E-state index in [-0.39, 0.29) is 18.2 Å². The molecule has 220 valence electrons. The summed E-state index contributed by atoms with van der Waals surface area (Å²) in [5.74, 6) is 1.68. The minimum absolute atomic E-state index is 0.209. The van der Waals surface area contributed by atoms with Crippen LogP contribution < -0.4 is 31.1 Å². The summed E-state index contributed by atoms with van der Waals surface area (Å²) in [6.07, 6.45) is 2.55. The lowest BCUT2D eigenvalue weighted by Gasteiger charge is -2.32. The van der Waals surface area contributed by atoms with Crippen molar-refractivity contribution < 1.29 is 9.53 Å². The molecule has 0 spiro atoms. The molecule has 3 fully saturated rings. The number of nitrogens with one attached hydrogen (secondary N) is 4. The zero-order valence-corrected chi connectivity index (χ0v) is 23.9. The van der Waals surface area contributed by atoms with Crippen LogP contribution in [0.15, 0.2) is 78.9 Å². The van der Waals surface area contributed by atoms with Crippen molar-refractivity contribution >= 4 is 40.7 Å². The second kappa shape index (κ2) is 12.2. The van der Waals surface area contributed by atoms with Crippen LogP contribution in [0.25, 0.3) is 11.4 Å². The molecule has 4 heterocycles. The molecular weight excluding hydrogens is 542 g/mol. The Morgan fingerprint density at radius 1 is 0.744 bits per heavy atom. The molecule has 2 bridgehead atoms. The zero-order chi connectivity index (χ0) is 29.0. The largest absolute Gasteiger partial charge is 0.371 e. The maximum atomic E-state index is 12.5. The first-order valence-electron chi connectivity index (χ1n) is 14.9. The molecule has 0 saturated carbocycles. The van der Waals surface area contributed by atoms with Gasteiger partial charge < -0.3 is 35.8 Å². The average molecular weight is 578 g/mol. The van der Waals surface area contributed by atoms with Crippen LogP contribution in [0, 0.1) is 0 Å². The van der Waals surface area contributed by atoms with E-state index in [2.05, 4.69) is 55.3 Å². The minimum atomic E-state index is -0.308. The highest BCUT2D eigenvalue weighted by molar-refractivity contribution is 5.99. The number of para-hydroxylation sites is 1. The molecular formula is C32H35N9O2. The summed E-state index contributed by atoms with van der Waals surface area (Å²) in [4.78, 5) is 31.6. The number of fused-ring (bicyclic) bond motifs is 2. The number of nitrogens with zero attached hydrogens (tertiary/aromatic N) is 5. The maximum absolute atomic E-state index is 12.5. The quantitative estimate of drug-likeness (QED) is 0.248. The van der Waals surface area contributed by atoms with Gasteiger partial charge in [-0.2, -0.15) is 15.0 Å². The van der Waals surface area contributed by atoms with Crippen LogP contribution in [0.4, 0.5) is 39.4 Å². The Balaban J connectivity index is 1.11. The fourth-order valence-electron chi connectivity index (χ4n) is 5.79. The lowest BCUT2D eigenvalue weighted by Crippen LogP contribution is -2.43. The van der Waals surface area contributed by atoms with E-state index >= 15 is 0 Å². The van der Waals surface area contributed by atoms with Gasteiger partial charge in [0.1, 0.15) is 0 Å². The van der Waals surface area contributed by atoms with E-state index in [1.54, 1.807) is 0 Å². The standard InChI is InChI=1S/C32H35N9O2/c42-32(35-23-4-2-1-3-5-23)36-25-8-6-22(7-9-25)29-37-30(39-31(38-29)41-20-27-14-15-28(21-41)43-27)34-24-10-12-26(13-11-24)40-18-16-33-17-19-40/h1-13,27-28,33H,14-21H2,(H2,35,36,42)(H,34,37,38,39). The first kappa shape index (κ1) is 27.1. The third kappa shape index (κ3) is 6.52. The Morgan fingerprint density at radius 3 is 2.09 bits per heavy atom. The summed E-state index contributed by atoms with van der Waals surface area (Å²) in [6.45, 7) is 5.52. The molecule has 3 aliphatic rings. The first-order valence-corrected chi connectivity index (χ1v) is 14.9. The molecule has 0 aliphatic carbocycles. The van der Waals surface area contributed by atoms with Gasteiger partial charge in [-0.15, -0.1) is 0 Å². The fraction of sp³-hybridized carbons (Fsp3) is 0.312. The van der Waals surface area contributed by atoms with Gasteiger partial charge in [0.05, 0.1) is 12.2 Å². The zero-order valence-electron chi connectivity index (χ0n) is 23.9. The molecule has 11 nitrogen and oxygen atoms in total. The van der Waals surface area contributed by atoms with Crippen LogP contribution in [-0.2, 0) is 4.74 Å². The number of anilines is 6. The van der Waals surface area contributed by atoms with Crippen molar-refractivity contribution in [2.45, 2.75) is 25.0 Å². The highest BCUT2D eigenvalue weighted by atomic mass is 16.5. The van der Waals surface area contributed by atoms with Crippen molar-refractivity contribution in [1.82, 2.24) is 20.3 Å². The topological polar surface area (TPSA) is 120 Å². The van der Waals surface area contributed by atoms with E-state index in [0.29, 0.717) is 23.4 Å². The highest BCUT2D eigenvalue weighted by Crippen LogP contribution is 2.30. The number of hydrogen-bond acceptors (Lipinski definition) is 9. The number of piperazine rings is 1. The van der Waals surface area contributed by atoms with E-state index in [1.807, 2.05) is 54.6 Å². The number of amides is 2. The van der Waals surface area contributed by atoms with Gasteiger partial charge >= 0.3 is 6.03 Å². The Labute approximate surface area is 250 Å². The van der Waals surface area contributed by atoms with Gasteiger partial charge in [-0.3, -0.25) is 0 Å². The SMILES string of the molecule is O=C(Nc1ccccc1)Nc1ccc(-c2nc(Nc3ccc(N4CCNCC4)cc3)nc(N3CC4CCC(C3)O4)n2)cc1. The summed E-state index contributed by atoms with van der Waals surface area (Å²) < 4.78 is 6.06. The molecule has 4 aromatic rings. The van der Waals surface area contributed by atoms with Crippen molar-refractivity contribution in [2.24, 2.45) is 0 Å². The highest BCUT2D eigenvalue weighted by Gasteiger charge is 2.35. The van der Waals surface area contributed by atoms with Gasteiger partial charge in [-0.25, -0.2) is 4.79 Å². The van der Waals surface area contributed by atoms with Crippen LogP contribution in [0.3, 0.4) is 0 Å². The summed E-state index contributed by atoms with van der Waals surface area (Å²) in [7, 11) is 0. The smallest absolute Gasteiger partial charge is 0.323 e. The minimum Gasteiger partial charge on any atom is -0.371 e. The molecule has 1 aromatic heterocycles. The monoisotopic (exact) mass is 577 g/mol. The van der Waals surface area contributed by atoms with Crippen molar-refractivity contribution in [3.05, 3.63) is 78.9 Å². The van der Waals surface area contributed by atoms with E-state index in [4.69, 9.17) is 19.7 Å². The molecule has 2 unspecified atom stereocenters. The number of aromatic nitrogens is 3. The van der Waals surface area contributed by atoms with E-state index < -0.39 is 0 Å². The number of urea groups is 1. The number of morpholine rings is 1. The number of hydrogen-bond donors (Lipinski definition) is 4. The van der Waals surface area contributed by atoms with E-state index in [1.165, 1.54) is 5.69 Å². The van der Waals surface area contributed by atoms with Crippen LogP contribution in [-0.4, -0.2) is 72.5 Å². The molecule has 3 aliphatic heterocycles. The predicted molar refractivity (Wildman–Crippen MR) is 169 cm³/mol. The molecule has 4 N–H and O–H groups in total. The molecule has 11 heteroatoms. The Hall–Kier alpha value is -4.74. The van der Waals surface area contributed by atoms with Crippen molar-refractivity contribution in [2.75, 3.05) is 65.0 Å². The summed E-state index contributed by atoms with van der Waals surface area (Å²) in [5, 5.41) is 12.5. The normalized spacial score (nSPS) is 19.6. The second-order valence-corrected chi connectivity index (χ2v) is 11.1. The van der Waals surface area contributed by atoms with E-state index in [9.17, 15) is 4.79 Å². The van der Waals surface area contributed by atoms with Gasteiger partial charge in [0.2, 0.25) is 11.9 Å². The molecule has 2 atom stereocenters. The lowest BCUT2D eigenvalue weighted by atomic mass is 10.2. The summed E-state index contributed by atoms with van der Waals surface area (Å²) in [6, 6.07) is 24.9. The number of carbonyl (C=O) groups is 1. The second-order valence-electron chi connectivity index (χ2n) is 11.1. The number of rotatable bonds is 7. The van der Waals surface area contributed by atoms with Crippen LogP contribution in [0.1, 0.15) is 12.8 Å². The van der Waals surface area contributed by atoms with Crippen LogP contribution in [0.2, 0.25) is 0 Å². The molecule has 3 aromatic carbocycles. The Morgan fingerprint density at radius 2 is 1.40 bits per heavy atom. The lowest BCUT2D eigenvalue weighted by molar-refractivity contribution is 0.0299. The Bertz CT molecular complexity index is 1530. The summed E-state index contributed by atoms with van der Waals surface area (Å²) >= 11 is 0. The maximum Gasteiger partial charge on any atom is 0.323 e. The van der Waals surface area contributed by atoms with Gasteiger partial charge in [-0.05, 0) is 73.5 Å². The molecule has 2 amide bonds. The van der Waals surface area contributed by atoms with Crippen molar-refractivity contribution in [3.63, 3.8) is 0 Å². The van der Waals surface area contributed by atoms with Crippen LogP contribution >= 0.6 is 0 Å². The first-order chi connectivity index (χ1) is 21.1. The number of carbonyl (C=O) groups excluding carboxylic acids is 1. The van der Waals surface area contributed by atoms with Gasteiger partial charge in [0, 0.05) is 67.6 Å². The number of ether oxygens (including phenoxy) is 1. The molecule has 3 saturated heterocycles. The number of benzene rings is 3. The predicted octanol–water partition coefficient (Wildman–Crippen LogP) is 4.70. The fourth-order valence-corrected chi connectivity index (χ4v) is 5.79. The third-order valence-electron chi connectivity index (χ3n) is 7.99.